The Labute approximate surface area is 108 Å². The van der Waals surface area contributed by atoms with Gasteiger partial charge in [0.1, 0.15) is 5.75 Å². The third-order valence-corrected chi connectivity index (χ3v) is 3.33. The van der Waals surface area contributed by atoms with Crippen LogP contribution in [0.1, 0.15) is 11.6 Å². The molecule has 2 rings (SSSR count). The minimum Gasteiger partial charge on any atom is -0.496 e. The molecule has 2 aromatic carbocycles. The van der Waals surface area contributed by atoms with Crippen molar-refractivity contribution in [3.63, 3.8) is 0 Å². The highest BCUT2D eigenvalue weighted by Gasteiger charge is 2.19. The van der Waals surface area contributed by atoms with Crippen molar-refractivity contribution < 1.29 is 4.74 Å². The first kappa shape index (κ1) is 12.9. The number of nitrogens with zero attached hydrogens (tertiary/aromatic N) is 1. The Hall–Kier alpha value is -1.58. The van der Waals surface area contributed by atoms with Crippen molar-refractivity contribution in [3.05, 3.63) is 42.0 Å². The van der Waals surface area contributed by atoms with Crippen LogP contribution in [-0.4, -0.2) is 32.6 Å². The molecule has 0 bridgehead atoms. The van der Waals surface area contributed by atoms with Crippen molar-refractivity contribution in [2.24, 2.45) is 5.73 Å². The van der Waals surface area contributed by atoms with Crippen LogP contribution < -0.4 is 10.5 Å². The first-order valence-corrected chi connectivity index (χ1v) is 6.11. The maximum Gasteiger partial charge on any atom is 0.124 e. The molecule has 0 radical (unpaired) electrons. The van der Waals surface area contributed by atoms with Gasteiger partial charge in [-0.2, -0.15) is 0 Å². The zero-order valence-corrected chi connectivity index (χ0v) is 11.2. The normalized spacial score (nSPS) is 12.9. The molecule has 0 fully saturated rings. The Morgan fingerprint density at radius 2 is 1.89 bits per heavy atom. The molecule has 0 saturated heterocycles. The molecule has 0 aliphatic carbocycles. The van der Waals surface area contributed by atoms with E-state index in [0.29, 0.717) is 6.54 Å². The SMILES string of the molecule is COc1ccc2ccccc2c1[C@@H](CN)N(C)C. The average Bonchev–Trinajstić information content (AvgIpc) is 2.39. The molecule has 0 saturated carbocycles. The molecule has 2 aromatic rings. The molecule has 0 amide bonds. The first-order valence-electron chi connectivity index (χ1n) is 6.11. The fourth-order valence-electron chi connectivity index (χ4n) is 2.38. The van der Waals surface area contributed by atoms with E-state index in [-0.39, 0.29) is 6.04 Å². The second-order valence-electron chi connectivity index (χ2n) is 4.62. The van der Waals surface area contributed by atoms with Gasteiger partial charge in [0.25, 0.3) is 0 Å². The van der Waals surface area contributed by atoms with E-state index in [4.69, 9.17) is 10.5 Å². The number of benzene rings is 2. The molecule has 18 heavy (non-hydrogen) atoms. The van der Waals surface area contributed by atoms with Crippen molar-refractivity contribution in [3.8, 4) is 5.75 Å². The van der Waals surface area contributed by atoms with Crippen molar-refractivity contribution in [1.29, 1.82) is 0 Å². The van der Waals surface area contributed by atoms with E-state index >= 15 is 0 Å². The van der Waals surface area contributed by atoms with E-state index in [0.717, 1.165) is 5.75 Å². The van der Waals surface area contributed by atoms with Gasteiger partial charge in [-0.15, -0.1) is 0 Å². The molecule has 0 aliphatic heterocycles. The highest BCUT2D eigenvalue weighted by molar-refractivity contribution is 5.88. The van der Waals surface area contributed by atoms with E-state index in [1.54, 1.807) is 7.11 Å². The Balaban J connectivity index is 2.71. The Bertz CT molecular complexity index is 537. The van der Waals surface area contributed by atoms with Crippen molar-refractivity contribution >= 4 is 10.8 Å². The summed E-state index contributed by atoms with van der Waals surface area (Å²) in [6, 6.07) is 12.6. The lowest BCUT2D eigenvalue weighted by atomic mass is 9.97. The van der Waals surface area contributed by atoms with Crippen LogP contribution in [0.2, 0.25) is 0 Å². The molecule has 0 aliphatic rings. The predicted octanol–water partition coefficient (Wildman–Crippen LogP) is 2.41. The van der Waals surface area contributed by atoms with E-state index < -0.39 is 0 Å². The van der Waals surface area contributed by atoms with Gasteiger partial charge in [-0.05, 0) is 30.9 Å². The Morgan fingerprint density at radius 1 is 1.17 bits per heavy atom. The quantitative estimate of drug-likeness (QED) is 0.897. The average molecular weight is 244 g/mol. The summed E-state index contributed by atoms with van der Waals surface area (Å²) in [4.78, 5) is 2.13. The molecular weight excluding hydrogens is 224 g/mol. The highest BCUT2D eigenvalue weighted by atomic mass is 16.5. The van der Waals surface area contributed by atoms with Gasteiger partial charge < -0.3 is 15.4 Å². The van der Waals surface area contributed by atoms with Gasteiger partial charge in [-0.3, -0.25) is 0 Å². The number of hydrogen-bond donors (Lipinski definition) is 1. The standard InChI is InChI=1S/C15H20N2O/c1-17(2)13(10-16)15-12-7-5-4-6-11(12)8-9-14(15)18-3/h4-9,13H,10,16H2,1-3H3/t13-/m1/s1. The molecule has 1 atom stereocenters. The van der Waals surface area contributed by atoms with Crippen LogP contribution in [0.4, 0.5) is 0 Å². The van der Waals surface area contributed by atoms with E-state index in [1.165, 1.54) is 16.3 Å². The maximum absolute atomic E-state index is 5.92. The van der Waals surface area contributed by atoms with Crippen molar-refractivity contribution in [1.82, 2.24) is 4.90 Å². The molecule has 0 aromatic heterocycles. The first-order chi connectivity index (χ1) is 8.69. The number of nitrogens with two attached hydrogens (primary N) is 1. The Morgan fingerprint density at radius 3 is 2.50 bits per heavy atom. The molecule has 3 heteroatoms. The van der Waals surface area contributed by atoms with Crippen LogP contribution in [0.5, 0.6) is 5.75 Å². The second kappa shape index (κ2) is 5.38. The summed E-state index contributed by atoms with van der Waals surface area (Å²) in [6.45, 7) is 0.567. The van der Waals surface area contributed by atoms with Gasteiger partial charge in [0.05, 0.1) is 13.2 Å². The summed E-state index contributed by atoms with van der Waals surface area (Å²) in [5.74, 6) is 0.901. The number of ether oxygens (including phenoxy) is 1. The highest BCUT2D eigenvalue weighted by Crippen LogP contribution is 2.34. The molecule has 0 spiro atoms. The van der Waals surface area contributed by atoms with Crippen LogP contribution in [0.15, 0.2) is 36.4 Å². The maximum atomic E-state index is 5.92. The summed E-state index contributed by atoms with van der Waals surface area (Å²) in [5.41, 5.74) is 7.09. The number of hydrogen-bond acceptors (Lipinski definition) is 3. The molecule has 0 heterocycles. The van der Waals surface area contributed by atoms with Gasteiger partial charge in [0, 0.05) is 12.1 Å². The fraction of sp³-hybridized carbons (Fsp3) is 0.333. The molecular formula is C15H20N2O. The lowest BCUT2D eigenvalue weighted by Gasteiger charge is -2.26. The van der Waals surface area contributed by atoms with E-state index in [2.05, 4.69) is 29.2 Å². The second-order valence-corrected chi connectivity index (χ2v) is 4.62. The third-order valence-electron chi connectivity index (χ3n) is 3.33. The summed E-state index contributed by atoms with van der Waals surface area (Å²) >= 11 is 0. The zero-order valence-electron chi connectivity index (χ0n) is 11.2. The summed E-state index contributed by atoms with van der Waals surface area (Å²) < 4.78 is 5.50. The minimum atomic E-state index is 0.158. The molecule has 0 unspecified atom stereocenters. The minimum absolute atomic E-state index is 0.158. The van der Waals surface area contributed by atoms with Crippen LogP contribution in [0.25, 0.3) is 10.8 Å². The van der Waals surface area contributed by atoms with E-state index in [9.17, 15) is 0 Å². The number of likely N-dealkylation sites (N-methyl/N-ethyl adjacent to an activating group) is 1. The third kappa shape index (κ3) is 2.19. The van der Waals surface area contributed by atoms with Crippen LogP contribution >= 0.6 is 0 Å². The van der Waals surface area contributed by atoms with Gasteiger partial charge in [-0.25, -0.2) is 0 Å². The fourth-order valence-corrected chi connectivity index (χ4v) is 2.38. The largest absolute Gasteiger partial charge is 0.496 e. The van der Waals surface area contributed by atoms with Crippen LogP contribution in [0, 0.1) is 0 Å². The van der Waals surface area contributed by atoms with Gasteiger partial charge >= 0.3 is 0 Å². The predicted molar refractivity (Wildman–Crippen MR) is 76.0 cm³/mol. The summed E-state index contributed by atoms with van der Waals surface area (Å²) in [6.07, 6.45) is 0. The lowest BCUT2D eigenvalue weighted by molar-refractivity contribution is 0.297. The molecule has 96 valence electrons. The van der Waals surface area contributed by atoms with Crippen LogP contribution in [0.3, 0.4) is 0 Å². The van der Waals surface area contributed by atoms with E-state index in [1.807, 2.05) is 26.2 Å². The Kier molecular flexibility index (Phi) is 3.84. The van der Waals surface area contributed by atoms with Gasteiger partial charge in [0.15, 0.2) is 0 Å². The number of rotatable bonds is 4. The smallest absolute Gasteiger partial charge is 0.124 e. The summed E-state index contributed by atoms with van der Waals surface area (Å²) in [7, 11) is 5.79. The zero-order chi connectivity index (χ0) is 13.1. The molecule has 2 N–H and O–H groups in total. The lowest BCUT2D eigenvalue weighted by Crippen LogP contribution is -2.27. The van der Waals surface area contributed by atoms with Crippen LogP contribution in [-0.2, 0) is 0 Å². The molecule has 3 nitrogen and oxygen atoms in total. The summed E-state index contributed by atoms with van der Waals surface area (Å²) in [5, 5.41) is 2.43. The van der Waals surface area contributed by atoms with Crippen molar-refractivity contribution in [2.75, 3.05) is 27.7 Å². The number of fused-ring (bicyclic) bond motifs is 1. The topological polar surface area (TPSA) is 38.5 Å². The monoisotopic (exact) mass is 244 g/mol. The van der Waals surface area contributed by atoms with Crippen molar-refractivity contribution in [2.45, 2.75) is 6.04 Å². The van der Waals surface area contributed by atoms with Gasteiger partial charge in [-0.1, -0.05) is 30.3 Å². The number of methoxy groups -OCH3 is 1. The van der Waals surface area contributed by atoms with Gasteiger partial charge in [0.2, 0.25) is 0 Å².